The Balaban J connectivity index is 1.88. The van der Waals surface area contributed by atoms with Crippen LogP contribution in [-0.2, 0) is 14.8 Å². The first-order valence-electron chi connectivity index (χ1n) is 8.12. The summed E-state index contributed by atoms with van der Waals surface area (Å²) in [6.45, 7) is 1.99. The van der Waals surface area contributed by atoms with Crippen LogP contribution >= 0.6 is 27.5 Å². The SMILES string of the molecule is CCC(NC(=O)CCNS(=O)(=O)c1cccc(Br)c1)c1ccc(Cl)cc1. The van der Waals surface area contributed by atoms with Gasteiger partial charge in [-0.2, -0.15) is 0 Å². The smallest absolute Gasteiger partial charge is 0.240 e. The molecule has 0 heterocycles. The molecule has 8 heteroatoms. The first-order chi connectivity index (χ1) is 12.3. The largest absolute Gasteiger partial charge is 0.349 e. The number of benzene rings is 2. The molecule has 0 aliphatic rings. The Labute approximate surface area is 167 Å². The molecule has 0 aromatic heterocycles. The van der Waals surface area contributed by atoms with Gasteiger partial charge in [-0.3, -0.25) is 4.79 Å². The highest BCUT2D eigenvalue weighted by Gasteiger charge is 2.16. The van der Waals surface area contributed by atoms with Gasteiger partial charge in [-0.05, 0) is 42.3 Å². The summed E-state index contributed by atoms with van der Waals surface area (Å²) < 4.78 is 27.6. The minimum Gasteiger partial charge on any atom is -0.349 e. The van der Waals surface area contributed by atoms with Crippen molar-refractivity contribution in [2.75, 3.05) is 6.54 Å². The number of amides is 1. The minimum atomic E-state index is -3.64. The second-order valence-corrected chi connectivity index (χ2v) is 8.80. The van der Waals surface area contributed by atoms with Crippen LogP contribution in [0.2, 0.25) is 5.02 Å². The van der Waals surface area contributed by atoms with E-state index < -0.39 is 10.0 Å². The highest BCUT2D eigenvalue weighted by molar-refractivity contribution is 9.10. The second kappa shape index (κ2) is 9.50. The monoisotopic (exact) mass is 458 g/mol. The number of rotatable bonds is 8. The van der Waals surface area contributed by atoms with Crippen LogP contribution in [-0.4, -0.2) is 20.9 Å². The van der Waals surface area contributed by atoms with Crippen LogP contribution in [0.25, 0.3) is 0 Å². The summed E-state index contributed by atoms with van der Waals surface area (Å²) in [4.78, 5) is 12.3. The molecule has 5 nitrogen and oxygen atoms in total. The van der Waals surface area contributed by atoms with Crippen molar-refractivity contribution in [1.82, 2.24) is 10.0 Å². The van der Waals surface area contributed by atoms with Crippen molar-refractivity contribution in [3.63, 3.8) is 0 Å². The van der Waals surface area contributed by atoms with Gasteiger partial charge in [0.15, 0.2) is 0 Å². The molecule has 1 atom stereocenters. The summed E-state index contributed by atoms with van der Waals surface area (Å²) in [5.74, 6) is -0.219. The molecule has 0 fully saturated rings. The van der Waals surface area contributed by atoms with E-state index in [-0.39, 0.29) is 29.8 Å². The highest BCUT2D eigenvalue weighted by atomic mass is 79.9. The topological polar surface area (TPSA) is 75.3 Å². The molecule has 0 spiro atoms. The normalized spacial score (nSPS) is 12.6. The van der Waals surface area contributed by atoms with E-state index in [0.29, 0.717) is 9.50 Å². The summed E-state index contributed by atoms with van der Waals surface area (Å²) in [6.07, 6.45) is 0.772. The van der Waals surface area contributed by atoms with Crippen LogP contribution in [0.1, 0.15) is 31.4 Å². The predicted octanol–water partition coefficient (Wildman–Crippen LogP) is 4.04. The van der Waals surface area contributed by atoms with Gasteiger partial charge in [0.25, 0.3) is 0 Å². The van der Waals surface area contributed by atoms with Gasteiger partial charge >= 0.3 is 0 Å². The lowest BCUT2D eigenvalue weighted by Crippen LogP contribution is -2.32. The number of nitrogens with one attached hydrogen (secondary N) is 2. The van der Waals surface area contributed by atoms with Gasteiger partial charge < -0.3 is 5.32 Å². The molecule has 2 rings (SSSR count). The van der Waals surface area contributed by atoms with Gasteiger partial charge in [-0.15, -0.1) is 0 Å². The summed E-state index contributed by atoms with van der Waals surface area (Å²) >= 11 is 9.12. The Morgan fingerprint density at radius 3 is 2.50 bits per heavy atom. The minimum absolute atomic E-state index is 0.0255. The Bertz CT molecular complexity index is 857. The van der Waals surface area contributed by atoms with Crippen LogP contribution in [0, 0.1) is 0 Å². The molecule has 0 radical (unpaired) electrons. The van der Waals surface area contributed by atoms with Crippen molar-refractivity contribution in [3.8, 4) is 0 Å². The summed E-state index contributed by atoms with van der Waals surface area (Å²) in [5.41, 5.74) is 0.958. The van der Waals surface area contributed by atoms with E-state index in [0.717, 1.165) is 12.0 Å². The Morgan fingerprint density at radius 2 is 1.88 bits per heavy atom. The fourth-order valence-corrected chi connectivity index (χ4v) is 4.15. The van der Waals surface area contributed by atoms with Crippen LogP contribution in [0.5, 0.6) is 0 Å². The lowest BCUT2D eigenvalue weighted by molar-refractivity contribution is -0.121. The fourth-order valence-electron chi connectivity index (χ4n) is 2.40. The molecular weight excluding hydrogens is 440 g/mol. The van der Waals surface area contributed by atoms with Crippen LogP contribution < -0.4 is 10.0 Å². The number of halogens is 2. The molecule has 0 aliphatic heterocycles. The summed E-state index contributed by atoms with van der Waals surface area (Å²) in [6, 6.07) is 13.5. The number of carbonyl (C=O) groups excluding carboxylic acids is 1. The Hall–Kier alpha value is -1.41. The predicted molar refractivity (Wildman–Crippen MR) is 107 cm³/mol. The molecule has 0 bridgehead atoms. The molecule has 0 saturated heterocycles. The van der Waals surface area contributed by atoms with Gasteiger partial charge in [0.1, 0.15) is 0 Å². The average molecular weight is 460 g/mol. The maximum Gasteiger partial charge on any atom is 0.240 e. The second-order valence-electron chi connectivity index (χ2n) is 5.69. The zero-order chi connectivity index (χ0) is 19.2. The first-order valence-corrected chi connectivity index (χ1v) is 10.8. The maximum atomic E-state index is 12.2. The number of hydrogen-bond donors (Lipinski definition) is 2. The van der Waals surface area contributed by atoms with Gasteiger partial charge in [-0.1, -0.05) is 52.7 Å². The van der Waals surface area contributed by atoms with Crippen molar-refractivity contribution >= 4 is 43.5 Å². The van der Waals surface area contributed by atoms with E-state index in [9.17, 15) is 13.2 Å². The van der Waals surface area contributed by atoms with E-state index in [4.69, 9.17) is 11.6 Å². The quantitative estimate of drug-likeness (QED) is 0.625. The molecule has 0 saturated carbocycles. The Morgan fingerprint density at radius 1 is 1.19 bits per heavy atom. The number of carbonyl (C=O) groups is 1. The molecule has 2 N–H and O–H groups in total. The van der Waals surface area contributed by atoms with Crippen molar-refractivity contribution in [1.29, 1.82) is 0 Å². The third-order valence-corrected chi connectivity index (χ3v) is 5.97. The van der Waals surface area contributed by atoms with Gasteiger partial charge in [0, 0.05) is 22.5 Å². The third kappa shape index (κ3) is 6.09. The molecule has 2 aromatic carbocycles. The number of hydrogen-bond acceptors (Lipinski definition) is 3. The van der Waals surface area contributed by atoms with Crippen molar-refractivity contribution in [3.05, 3.63) is 63.6 Å². The van der Waals surface area contributed by atoms with Crippen LogP contribution in [0.4, 0.5) is 0 Å². The van der Waals surface area contributed by atoms with E-state index in [1.807, 2.05) is 19.1 Å². The maximum absolute atomic E-state index is 12.2. The molecule has 1 amide bonds. The number of sulfonamides is 1. The summed E-state index contributed by atoms with van der Waals surface area (Å²) in [5, 5.41) is 3.55. The Kier molecular flexibility index (Phi) is 7.64. The van der Waals surface area contributed by atoms with Gasteiger partial charge in [0.2, 0.25) is 15.9 Å². The first kappa shape index (κ1) is 20.9. The van der Waals surface area contributed by atoms with E-state index >= 15 is 0 Å². The molecule has 2 aromatic rings. The van der Waals surface area contributed by atoms with Crippen LogP contribution in [0.15, 0.2) is 57.9 Å². The van der Waals surface area contributed by atoms with Crippen molar-refractivity contribution in [2.24, 2.45) is 0 Å². The zero-order valence-corrected chi connectivity index (χ0v) is 17.4. The lowest BCUT2D eigenvalue weighted by atomic mass is 10.0. The molecule has 1 unspecified atom stereocenters. The van der Waals surface area contributed by atoms with Gasteiger partial charge in [0.05, 0.1) is 10.9 Å². The standard InChI is InChI=1S/C18H20BrClN2O3S/c1-2-17(13-6-8-15(20)9-7-13)22-18(23)10-11-21-26(24,25)16-5-3-4-14(19)12-16/h3-9,12,17,21H,2,10-11H2,1H3,(H,22,23). The highest BCUT2D eigenvalue weighted by Crippen LogP contribution is 2.19. The molecular formula is C18H20BrClN2O3S. The van der Waals surface area contributed by atoms with E-state index in [1.54, 1.807) is 24.3 Å². The average Bonchev–Trinajstić information content (AvgIpc) is 2.60. The molecule has 140 valence electrons. The molecule has 26 heavy (non-hydrogen) atoms. The summed E-state index contributed by atoms with van der Waals surface area (Å²) in [7, 11) is -3.64. The van der Waals surface area contributed by atoms with Crippen LogP contribution in [0.3, 0.4) is 0 Å². The fraction of sp³-hybridized carbons (Fsp3) is 0.278. The zero-order valence-electron chi connectivity index (χ0n) is 14.2. The third-order valence-electron chi connectivity index (χ3n) is 3.77. The van der Waals surface area contributed by atoms with Crippen molar-refractivity contribution in [2.45, 2.75) is 30.7 Å². The van der Waals surface area contributed by atoms with E-state index in [1.165, 1.54) is 12.1 Å². The molecule has 0 aliphatic carbocycles. The van der Waals surface area contributed by atoms with Crippen molar-refractivity contribution < 1.29 is 13.2 Å². The van der Waals surface area contributed by atoms with E-state index in [2.05, 4.69) is 26.0 Å². The lowest BCUT2D eigenvalue weighted by Gasteiger charge is -2.17. The van der Waals surface area contributed by atoms with Gasteiger partial charge in [-0.25, -0.2) is 13.1 Å².